The van der Waals surface area contributed by atoms with Gasteiger partial charge in [-0.15, -0.1) is 0 Å². The van der Waals surface area contributed by atoms with E-state index in [1.165, 1.54) is 10.8 Å². The number of halogens is 8. The smallest absolute Gasteiger partial charge is 0.382 e. The lowest BCUT2D eigenvalue weighted by atomic mass is 9.93. The number of nitrogens with two attached hydrogens (primary N) is 1. The lowest BCUT2D eigenvalue weighted by molar-refractivity contribution is -0.137. The number of hydrogen-bond donors (Lipinski definition) is 3. The number of carbonyl (C=O) groups excluding carboxylic acids is 1. The van der Waals surface area contributed by atoms with Crippen LogP contribution in [0.2, 0.25) is 0 Å². The van der Waals surface area contributed by atoms with Crippen molar-refractivity contribution in [1.82, 2.24) is 19.5 Å². The summed E-state index contributed by atoms with van der Waals surface area (Å²) in [7, 11) is 0. The SMILES string of the molecule is Nc1ncnn2c(C3CCN(CC(F)F)CC3)cc(-c3cc(F)c(NC(=O)Nc4cc(C(F)(F)F)ccc4F)cc3F)c12. The van der Waals surface area contributed by atoms with Crippen LogP contribution in [-0.2, 0) is 6.18 Å². The van der Waals surface area contributed by atoms with Crippen molar-refractivity contribution in [3.63, 3.8) is 0 Å². The van der Waals surface area contributed by atoms with Crippen molar-refractivity contribution in [1.29, 1.82) is 0 Å². The molecule has 1 saturated heterocycles. The zero-order valence-corrected chi connectivity index (χ0v) is 22.0. The van der Waals surface area contributed by atoms with Crippen molar-refractivity contribution >= 4 is 28.7 Å². The normalized spacial score (nSPS) is 14.9. The number of alkyl halides is 5. The number of urea groups is 1. The number of nitrogen functional groups attached to an aromatic ring is 1. The van der Waals surface area contributed by atoms with Crippen molar-refractivity contribution < 1.29 is 39.9 Å². The molecule has 8 nitrogen and oxygen atoms in total. The van der Waals surface area contributed by atoms with Gasteiger partial charge in [-0.25, -0.2) is 36.2 Å². The Morgan fingerprint density at radius 1 is 0.953 bits per heavy atom. The van der Waals surface area contributed by atoms with Crippen molar-refractivity contribution in [3.05, 3.63) is 71.4 Å². The van der Waals surface area contributed by atoms with Gasteiger partial charge in [0.05, 0.1) is 23.5 Å². The van der Waals surface area contributed by atoms with Crippen LogP contribution in [0, 0.1) is 17.5 Å². The first-order valence-electron chi connectivity index (χ1n) is 12.9. The largest absolute Gasteiger partial charge is 0.416 e. The number of aromatic nitrogens is 3. The molecule has 1 aliphatic heterocycles. The van der Waals surface area contributed by atoms with Gasteiger partial charge in [0.15, 0.2) is 5.82 Å². The predicted molar refractivity (Wildman–Crippen MR) is 141 cm³/mol. The van der Waals surface area contributed by atoms with Crippen molar-refractivity contribution in [3.8, 4) is 11.1 Å². The van der Waals surface area contributed by atoms with Gasteiger partial charge in [0.25, 0.3) is 6.43 Å². The number of piperidine rings is 1. The average Bonchev–Trinajstić information content (AvgIpc) is 3.32. The molecule has 0 spiro atoms. The molecule has 16 heteroatoms. The molecule has 0 atom stereocenters. The molecule has 0 unspecified atom stereocenters. The highest BCUT2D eigenvalue weighted by Gasteiger charge is 2.32. The van der Waals surface area contributed by atoms with E-state index < -0.39 is 53.0 Å². The van der Waals surface area contributed by atoms with Crippen LogP contribution in [0.5, 0.6) is 0 Å². The van der Waals surface area contributed by atoms with E-state index in [-0.39, 0.29) is 34.9 Å². The number of rotatable bonds is 6. The van der Waals surface area contributed by atoms with Gasteiger partial charge in [0.2, 0.25) is 0 Å². The Hall–Kier alpha value is -4.47. The quantitative estimate of drug-likeness (QED) is 0.216. The van der Waals surface area contributed by atoms with Crippen LogP contribution in [0.15, 0.2) is 42.7 Å². The van der Waals surface area contributed by atoms with Crippen LogP contribution in [0.4, 0.5) is 57.1 Å². The van der Waals surface area contributed by atoms with Gasteiger partial charge in [-0.1, -0.05) is 0 Å². The van der Waals surface area contributed by atoms with Gasteiger partial charge < -0.3 is 16.4 Å². The molecule has 0 bridgehead atoms. The van der Waals surface area contributed by atoms with Crippen LogP contribution in [0.25, 0.3) is 16.6 Å². The van der Waals surface area contributed by atoms with E-state index in [9.17, 15) is 31.1 Å². The van der Waals surface area contributed by atoms with E-state index in [0.29, 0.717) is 55.9 Å². The van der Waals surface area contributed by atoms with Gasteiger partial charge in [-0.05, 0) is 56.3 Å². The molecule has 3 heterocycles. The molecule has 2 amide bonds. The van der Waals surface area contributed by atoms with Gasteiger partial charge >= 0.3 is 12.2 Å². The number of benzene rings is 2. The van der Waals surface area contributed by atoms with Crippen LogP contribution in [0.1, 0.15) is 30.0 Å². The Balaban J connectivity index is 1.41. The molecule has 43 heavy (non-hydrogen) atoms. The molecule has 2 aromatic heterocycles. The van der Waals surface area contributed by atoms with E-state index >= 15 is 8.78 Å². The third kappa shape index (κ3) is 6.33. The first kappa shape index (κ1) is 30.0. The molecule has 1 fully saturated rings. The monoisotopic (exact) mass is 613 g/mol. The van der Waals surface area contributed by atoms with E-state index in [0.717, 1.165) is 6.07 Å². The zero-order valence-electron chi connectivity index (χ0n) is 22.0. The van der Waals surface area contributed by atoms with E-state index in [1.807, 2.05) is 10.6 Å². The molecule has 0 radical (unpaired) electrons. The first-order chi connectivity index (χ1) is 20.3. The summed E-state index contributed by atoms with van der Waals surface area (Å²) in [5, 5.41) is 8.03. The van der Waals surface area contributed by atoms with Gasteiger partial charge in [0, 0.05) is 28.8 Å². The second-order valence-electron chi connectivity index (χ2n) is 9.94. The summed E-state index contributed by atoms with van der Waals surface area (Å²) in [6, 6.07) is 3.04. The number of likely N-dealkylation sites (tertiary alicyclic amines) is 1. The third-order valence-corrected chi connectivity index (χ3v) is 7.15. The zero-order chi connectivity index (χ0) is 31.1. The highest BCUT2D eigenvalue weighted by Crippen LogP contribution is 2.39. The molecule has 0 saturated carbocycles. The highest BCUT2D eigenvalue weighted by molar-refractivity contribution is 6.00. The summed E-state index contributed by atoms with van der Waals surface area (Å²) in [5.41, 5.74) is 4.01. The minimum absolute atomic E-state index is 0.0316. The number of amides is 2. The van der Waals surface area contributed by atoms with Crippen molar-refractivity contribution in [2.75, 3.05) is 36.0 Å². The molecule has 5 rings (SSSR count). The summed E-state index contributed by atoms with van der Waals surface area (Å²) >= 11 is 0. The van der Waals surface area contributed by atoms with Crippen LogP contribution in [-0.4, -0.2) is 51.6 Å². The maximum Gasteiger partial charge on any atom is 0.416 e. The number of fused-ring (bicyclic) bond motifs is 1. The fraction of sp³-hybridized carbons (Fsp3) is 0.296. The highest BCUT2D eigenvalue weighted by atomic mass is 19.4. The fourth-order valence-corrected chi connectivity index (χ4v) is 5.12. The molecular weight excluding hydrogens is 590 g/mol. The summed E-state index contributed by atoms with van der Waals surface area (Å²) in [4.78, 5) is 17.9. The van der Waals surface area contributed by atoms with E-state index in [1.54, 1.807) is 11.0 Å². The van der Waals surface area contributed by atoms with Crippen molar-refractivity contribution in [2.45, 2.75) is 31.4 Å². The lowest BCUT2D eigenvalue weighted by Crippen LogP contribution is -2.36. The Kier molecular flexibility index (Phi) is 8.14. The molecular formula is C27H23F8N7O. The Labute approximate surface area is 238 Å². The third-order valence-electron chi connectivity index (χ3n) is 7.15. The number of nitrogens with zero attached hydrogens (tertiary/aromatic N) is 4. The predicted octanol–water partition coefficient (Wildman–Crippen LogP) is 6.50. The maximum absolute atomic E-state index is 15.4. The number of nitrogens with one attached hydrogen (secondary N) is 2. The minimum atomic E-state index is -4.81. The molecule has 2 aromatic carbocycles. The van der Waals surface area contributed by atoms with Gasteiger partial charge in [-0.2, -0.15) is 18.3 Å². The second kappa shape index (κ2) is 11.7. The standard InChI is InChI=1S/C27H23F8N7O/c28-17-2-1-14(27(33,34)35)7-20(17)39-26(43)40-21-10-18(29)15(8-19(21)30)16-9-22(42-24(16)25(36)37-12-38-42)13-3-5-41(6-4-13)11-23(31)32/h1-2,7-10,12-13,23H,3-6,11H2,(H2,36,37,38)(H2,39,40,43). The summed E-state index contributed by atoms with van der Waals surface area (Å²) < 4.78 is 111. The topological polar surface area (TPSA) is 101 Å². The maximum atomic E-state index is 15.4. The van der Waals surface area contributed by atoms with E-state index in [2.05, 4.69) is 10.1 Å². The lowest BCUT2D eigenvalue weighted by Gasteiger charge is -2.31. The molecule has 4 aromatic rings. The Morgan fingerprint density at radius 3 is 2.28 bits per heavy atom. The summed E-state index contributed by atoms with van der Waals surface area (Å²) in [6.07, 6.45) is -5.08. The number of anilines is 3. The first-order valence-corrected chi connectivity index (χ1v) is 12.9. The number of hydrogen-bond acceptors (Lipinski definition) is 5. The van der Waals surface area contributed by atoms with Crippen LogP contribution in [0.3, 0.4) is 0 Å². The van der Waals surface area contributed by atoms with Gasteiger partial charge in [0.1, 0.15) is 29.3 Å². The summed E-state index contributed by atoms with van der Waals surface area (Å²) in [5.74, 6) is -3.49. The Morgan fingerprint density at radius 2 is 1.63 bits per heavy atom. The minimum Gasteiger partial charge on any atom is -0.382 e. The van der Waals surface area contributed by atoms with E-state index in [4.69, 9.17) is 5.73 Å². The Bertz CT molecular complexity index is 1670. The van der Waals surface area contributed by atoms with Crippen LogP contribution < -0.4 is 16.4 Å². The number of carbonyl (C=O) groups is 1. The van der Waals surface area contributed by atoms with Crippen molar-refractivity contribution in [2.24, 2.45) is 0 Å². The molecule has 1 aliphatic rings. The second-order valence-corrected chi connectivity index (χ2v) is 9.94. The summed E-state index contributed by atoms with van der Waals surface area (Å²) in [6.45, 7) is 0.446. The molecule has 0 aliphatic carbocycles. The van der Waals surface area contributed by atoms with Gasteiger partial charge in [-0.3, -0.25) is 4.90 Å². The fourth-order valence-electron chi connectivity index (χ4n) is 5.12. The van der Waals surface area contributed by atoms with Crippen LogP contribution >= 0.6 is 0 Å². The molecule has 228 valence electrons. The molecule has 4 N–H and O–H groups in total. The average molecular weight is 614 g/mol.